The first-order chi connectivity index (χ1) is 63.5. The van der Waals surface area contributed by atoms with Gasteiger partial charge in [0.1, 0.15) is 6.54 Å². The average molecular weight is 1950 g/mol. The van der Waals surface area contributed by atoms with E-state index in [0.717, 1.165) is 17.5 Å². The molecule has 136 heavy (non-hydrogen) atoms. The van der Waals surface area contributed by atoms with Crippen LogP contribution in [0.15, 0.2) is 17.5 Å². The number of carbonyl (C=O) groups is 19. The number of carbonyl (C=O) groups excluding carboxylic acids is 11. The van der Waals surface area contributed by atoms with Crippen molar-refractivity contribution < 1.29 is 179 Å². The van der Waals surface area contributed by atoms with Gasteiger partial charge in [-0.15, -0.1) is 17.4 Å². The summed E-state index contributed by atoms with van der Waals surface area (Å²) in [4.78, 5) is 238. The van der Waals surface area contributed by atoms with Gasteiger partial charge in [-0.05, 0) is 55.9 Å². The van der Waals surface area contributed by atoms with Gasteiger partial charge in [0, 0.05) is 120 Å². The third-order valence-corrected chi connectivity index (χ3v) is 18.8. The molecule has 0 bridgehead atoms. The molecule has 0 saturated heterocycles. The fraction of sp³-hybridized carbons (Fsp3) is 0.733. The number of azide groups is 1. The first-order valence-electron chi connectivity index (χ1n) is 43.7. The van der Waals surface area contributed by atoms with E-state index >= 15 is 0 Å². The van der Waals surface area contributed by atoms with Crippen molar-refractivity contribution in [1.82, 2.24) is 46.9 Å². The van der Waals surface area contributed by atoms with E-state index in [0.29, 0.717) is 26.1 Å². The van der Waals surface area contributed by atoms with Crippen LogP contribution >= 0.6 is 0 Å². The Bertz CT molecular complexity index is 3800. The van der Waals surface area contributed by atoms with Gasteiger partial charge in [-0.3, -0.25) is 99.9 Å². The van der Waals surface area contributed by atoms with Gasteiger partial charge in [0.2, 0.25) is 35.4 Å². The van der Waals surface area contributed by atoms with Gasteiger partial charge in [0.25, 0.3) is 0 Å². The summed E-state index contributed by atoms with van der Waals surface area (Å²) in [5, 5.41) is 98.7. The molecule has 0 aliphatic carbocycles. The maximum atomic E-state index is 13.6. The highest BCUT2D eigenvalue weighted by molar-refractivity contribution is 5.99. The van der Waals surface area contributed by atoms with Crippen LogP contribution in [0.5, 0.6) is 0 Å². The smallest absolute Gasteiger partial charge is 0.305 e. The lowest BCUT2D eigenvalue weighted by Gasteiger charge is -2.26. The molecule has 0 saturated carbocycles. The van der Waals surface area contributed by atoms with Gasteiger partial charge < -0.3 is 111 Å². The topological polar surface area (TPSA) is 712 Å². The van der Waals surface area contributed by atoms with Crippen molar-refractivity contribution in [2.24, 2.45) is 52.5 Å². The Morgan fingerprint density at radius 3 is 1.06 bits per heavy atom. The molecule has 0 fully saturated rings. The SMILES string of the molecule is C.C#CCCCF.CC(C)[C@H](CC(=O)[C@H](CCC(=O)O)NC(=O)[C@@H](CCCN=[N+]=[N-])CC(=O)O)C(=O)N[C@@H](CC(=O)O)C(=O)C[C@@H](C)C(=O)NCCOCCOCCOCCOCCC(=O)O.CC(C)[C@H](CC(=O)[C@H](CCC(=O)O)NC(=O)[C@H](CC(=O)O)CC(=O)Cn1ccnn1)C(=O)N[C@@H](CC(=O)O)C(=O)C[C@@H](C)C(=O)NCCOCCOCCOCCOCCC(=O)O.CCCC[18F].[B]. The molecular weight excluding hydrogens is 1810 g/mol. The van der Waals surface area contributed by atoms with Crippen LogP contribution in [0.25, 0.3) is 10.4 Å². The molecule has 771 valence electrons. The number of halogens is 2. The van der Waals surface area contributed by atoms with Crippen LogP contribution in [0.4, 0.5) is 8.78 Å². The molecule has 10 atom stereocenters. The van der Waals surface area contributed by atoms with Gasteiger partial charge in [-0.25, -0.2) is 4.68 Å². The minimum absolute atomic E-state index is 0. The predicted molar refractivity (Wildman–Crippen MR) is 478 cm³/mol. The lowest BCUT2D eigenvalue weighted by atomic mass is 9.86. The molecule has 1 heterocycles. The number of hydrogen-bond acceptors (Lipinski definition) is 30. The summed E-state index contributed by atoms with van der Waals surface area (Å²) < 4.78 is 65.5. The molecule has 47 nitrogen and oxygen atoms in total. The Morgan fingerprint density at radius 1 is 0.419 bits per heavy atom. The minimum atomic E-state index is -1.60. The second-order valence-electron chi connectivity index (χ2n) is 30.8. The summed E-state index contributed by atoms with van der Waals surface area (Å²) in [5.41, 5.74) is 8.48. The molecule has 14 N–H and O–H groups in total. The number of aliphatic carboxylic acids is 8. The first kappa shape index (κ1) is 133. The monoisotopic (exact) mass is 1950 g/mol. The Hall–Kier alpha value is -11.5. The summed E-state index contributed by atoms with van der Waals surface area (Å²) in [5.74, 6) is -24.2. The van der Waals surface area contributed by atoms with Crippen molar-refractivity contribution in [3.8, 4) is 12.3 Å². The number of nitrogens with zero attached hydrogens (tertiary/aromatic N) is 6. The molecule has 1 rings (SSSR count). The number of aromatic nitrogens is 3. The zero-order valence-electron chi connectivity index (χ0n) is 77.7. The van der Waals surface area contributed by atoms with Crippen molar-refractivity contribution in [2.45, 2.75) is 221 Å². The molecule has 0 spiro atoms. The van der Waals surface area contributed by atoms with E-state index in [9.17, 15) is 131 Å². The van der Waals surface area contributed by atoms with Crippen molar-refractivity contribution >= 4 is 121 Å². The predicted octanol–water partition coefficient (Wildman–Crippen LogP) is 3.46. The highest BCUT2D eigenvalue weighted by Crippen LogP contribution is 2.24. The third kappa shape index (κ3) is 73.9. The van der Waals surface area contributed by atoms with Gasteiger partial charge in [-0.2, -0.15) is 0 Å². The average Bonchev–Trinajstić information content (AvgIpc) is 0.924. The van der Waals surface area contributed by atoms with Gasteiger partial charge >= 0.3 is 47.8 Å². The van der Waals surface area contributed by atoms with Crippen LogP contribution in [0.3, 0.4) is 0 Å². The lowest BCUT2D eigenvalue weighted by Crippen LogP contribution is -2.49. The maximum Gasteiger partial charge on any atom is 0.305 e. The molecular formula is C86H140BF2N12O35. The number of carboxylic acid groups (broad SMARTS) is 8. The largest absolute Gasteiger partial charge is 0.481 e. The van der Waals surface area contributed by atoms with Crippen molar-refractivity contribution in [3.05, 3.63) is 22.8 Å². The Balaban J connectivity index is -0.000000746. The number of ether oxygens (including phenoxy) is 8. The Kier molecular flexibility index (Phi) is 82.2. The number of terminal acetylenes is 1. The molecule has 50 heteroatoms. The molecule has 0 aliphatic rings. The summed E-state index contributed by atoms with van der Waals surface area (Å²) in [7, 11) is 0. The summed E-state index contributed by atoms with van der Waals surface area (Å²) in [6, 6.07) is -6.13. The van der Waals surface area contributed by atoms with E-state index in [1.54, 1.807) is 27.7 Å². The molecule has 0 unspecified atom stereocenters. The van der Waals surface area contributed by atoms with Crippen molar-refractivity contribution in [3.63, 3.8) is 0 Å². The van der Waals surface area contributed by atoms with Gasteiger partial charge in [0.05, 0.1) is 194 Å². The summed E-state index contributed by atoms with van der Waals surface area (Å²) in [6.07, 6.45) is 2.49. The Labute approximate surface area is 790 Å². The van der Waals surface area contributed by atoms with Gasteiger partial charge in [0.15, 0.2) is 28.9 Å². The zero-order valence-corrected chi connectivity index (χ0v) is 77.7. The van der Waals surface area contributed by atoms with Crippen molar-refractivity contribution in [2.75, 3.05) is 139 Å². The standard InChI is InChI=1S/C39H60N6O18.C37H60N6O17.C5H7F.C4H9F.CH4.B/c1-24(2)28(21-32(48)29(4-5-33(49)50)42-38(58)26(20-35(53)54)19-27(46)23-45-9-7-41-44-45)39(59)43-30(22-36(55)56)31(47)18-25(3)37(57)40-8-11-61-13-15-63-17-16-62-14-12-60-10-6-34(51)52;1-23(2)26(21-30(45)27(6-7-31(46)47)41-36(55)25(20-33(50)51)5-4-9-40-43-38)37(56)42-28(22-34(52)53)29(44)19-24(3)35(54)39-10-12-58-14-16-60-18-17-59-15-13-57-11-8-32(48)49;1-2-3-4-5-6;1-2-3-4-5;;/h7,9,24-26,28-30H,4-6,8,10-23H2,1-3H3,(H,40,57)(H,42,58)(H,43,59)(H,49,50)(H,51,52)(H,53,54)(H,55,56);23-28H,4-22H2,1-3H3,(H,39,54)(H,41,55)(H,42,56)(H,46,47)(H,48,49)(H,50,51)(H,52,53);1H,3-5H2;2-4H2,1H3;1H4;/t25-,26+,28+,29+,30+;24-,25+,26+,27+,28+;;;;/m11..../s1/i;;;5-1;;. The molecule has 1 aromatic rings. The minimum Gasteiger partial charge on any atom is -0.481 e. The summed E-state index contributed by atoms with van der Waals surface area (Å²) >= 11 is 0. The third-order valence-electron chi connectivity index (χ3n) is 18.8. The lowest BCUT2D eigenvalue weighted by molar-refractivity contribution is -0.143. The van der Waals surface area contributed by atoms with Crippen LogP contribution in [0.2, 0.25) is 0 Å². The van der Waals surface area contributed by atoms with Crippen LogP contribution in [0, 0.1) is 59.7 Å². The number of Topliss-reactive ketones (excluding diaryl/α,β-unsaturated/α-hetero) is 5. The van der Waals surface area contributed by atoms with E-state index in [-0.39, 0.29) is 180 Å². The molecule has 0 aromatic carbocycles. The van der Waals surface area contributed by atoms with E-state index in [1.165, 1.54) is 26.2 Å². The van der Waals surface area contributed by atoms with Crippen LogP contribution in [-0.4, -0.2) is 339 Å². The number of alkyl halides is 2. The fourth-order valence-electron chi connectivity index (χ4n) is 11.5. The fourth-order valence-corrected chi connectivity index (χ4v) is 11.5. The second kappa shape index (κ2) is 84.1. The molecule has 1 aromatic heterocycles. The summed E-state index contributed by atoms with van der Waals surface area (Å²) in [6.45, 7) is 14.1. The van der Waals surface area contributed by atoms with E-state index in [1.807, 2.05) is 6.92 Å². The number of hydrogen-bond donors (Lipinski definition) is 14. The van der Waals surface area contributed by atoms with E-state index in [4.69, 9.17) is 60.1 Å². The zero-order chi connectivity index (χ0) is 102. The Morgan fingerprint density at radius 2 is 0.757 bits per heavy atom. The molecule has 6 amide bonds. The number of ketones is 5. The first-order valence-corrected chi connectivity index (χ1v) is 43.7. The number of carboxylic acids is 8. The normalized spacial score (nSPS) is 12.8. The molecule has 3 radical (unpaired) electrons. The van der Waals surface area contributed by atoms with E-state index in [2.05, 4.69) is 58.2 Å². The quantitative estimate of drug-likeness (QED) is 0.0111. The van der Waals surface area contributed by atoms with Crippen molar-refractivity contribution in [1.29, 1.82) is 0 Å². The van der Waals surface area contributed by atoms with Crippen LogP contribution in [-0.2, 0) is 136 Å². The molecule has 0 aliphatic heterocycles. The number of amides is 6. The maximum absolute atomic E-state index is 13.6. The van der Waals surface area contributed by atoms with Crippen LogP contribution < -0.4 is 31.9 Å². The highest BCUT2D eigenvalue weighted by atomic mass is 19.1. The van der Waals surface area contributed by atoms with Crippen LogP contribution in [0.1, 0.15) is 191 Å². The second-order valence-corrected chi connectivity index (χ2v) is 30.8. The number of nitrogens with one attached hydrogen (secondary N) is 6. The highest BCUT2D eigenvalue weighted by Gasteiger charge is 2.38. The van der Waals surface area contributed by atoms with E-state index < -0.39 is 261 Å². The van der Waals surface area contributed by atoms with Gasteiger partial charge in [-0.1, -0.05) is 72.6 Å². The number of unbranched alkanes of at least 4 members (excludes halogenated alkanes) is 2. The number of rotatable bonds is 80.